The maximum absolute atomic E-state index is 12.3. The summed E-state index contributed by atoms with van der Waals surface area (Å²) in [4.78, 5) is 28.1. The van der Waals surface area contributed by atoms with Crippen molar-refractivity contribution in [2.45, 2.75) is 13.5 Å². The molecule has 1 fully saturated rings. The molecule has 27 heavy (non-hydrogen) atoms. The van der Waals surface area contributed by atoms with Crippen LogP contribution < -0.4 is 15.5 Å². The van der Waals surface area contributed by atoms with E-state index in [1.54, 1.807) is 19.4 Å². The standard InChI is InChI=1S/C19H26N6O2/c1-15-4-3-5-17(10-15)24-8-6-23(7-9-24)13-19(27)22-16-11-21-25(12-16)14-18(26)20-2/h3-5,10-12H,6-9,13-14H2,1-2H3,(H,20,26)(H,22,27). The molecule has 2 heterocycles. The smallest absolute Gasteiger partial charge is 0.241 e. The highest BCUT2D eigenvalue weighted by Crippen LogP contribution is 2.17. The molecule has 2 N–H and O–H groups in total. The summed E-state index contributed by atoms with van der Waals surface area (Å²) in [5.74, 6) is -0.207. The Morgan fingerprint density at radius 2 is 1.89 bits per heavy atom. The average molecular weight is 370 g/mol. The highest BCUT2D eigenvalue weighted by atomic mass is 16.2. The maximum Gasteiger partial charge on any atom is 0.241 e. The number of carbonyl (C=O) groups excluding carboxylic acids is 2. The molecule has 2 aromatic rings. The lowest BCUT2D eigenvalue weighted by Crippen LogP contribution is -2.48. The molecule has 144 valence electrons. The number of benzene rings is 1. The number of hydrogen-bond donors (Lipinski definition) is 2. The maximum atomic E-state index is 12.3. The van der Waals surface area contributed by atoms with Gasteiger partial charge in [0.05, 0.1) is 18.4 Å². The molecule has 0 bridgehead atoms. The summed E-state index contributed by atoms with van der Waals surface area (Å²) in [5, 5.41) is 9.46. The number of aromatic nitrogens is 2. The Morgan fingerprint density at radius 1 is 1.11 bits per heavy atom. The molecule has 0 radical (unpaired) electrons. The van der Waals surface area contributed by atoms with E-state index >= 15 is 0 Å². The van der Waals surface area contributed by atoms with E-state index in [9.17, 15) is 9.59 Å². The quantitative estimate of drug-likeness (QED) is 0.782. The molecule has 0 atom stereocenters. The first-order valence-corrected chi connectivity index (χ1v) is 9.10. The topological polar surface area (TPSA) is 82.5 Å². The fourth-order valence-electron chi connectivity index (χ4n) is 3.13. The van der Waals surface area contributed by atoms with Crippen LogP contribution in [0.15, 0.2) is 36.7 Å². The number of hydrogen-bond acceptors (Lipinski definition) is 5. The van der Waals surface area contributed by atoms with Gasteiger partial charge in [0.25, 0.3) is 0 Å². The lowest BCUT2D eigenvalue weighted by molar-refractivity contribution is -0.121. The zero-order chi connectivity index (χ0) is 19.2. The van der Waals surface area contributed by atoms with Crippen molar-refractivity contribution in [3.63, 3.8) is 0 Å². The van der Waals surface area contributed by atoms with E-state index in [-0.39, 0.29) is 18.4 Å². The van der Waals surface area contributed by atoms with Gasteiger partial charge in [-0.2, -0.15) is 5.10 Å². The number of carbonyl (C=O) groups is 2. The van der Waals surface area contributed by atoms with Crippen LogP contribution >= 0.6 is 0 Å². The van der Waals surface area contributed by atoms with Crippen molar-refractivity contribution in [2.75, 3.05) is 50.0 Å². The van der Waals surface area contributed by atoms with Gasteiger partial charge in [-0.25, -0.2) is 0 Å². The van der Waals surface area contributed by atoms with Crippen molar-refractivity contribution in [2.24, 2.45) is 0 Å². The second kappa shape index (κ2) is 8.68. The van der Waals surface area contributed by atoms with Crippen LogP contribution in [0.2, 0.25) is 0 Å². The number of nitrogens with zero attached hydrogens (tertiary/aromatic N) is 4. The Morgan fingerprint density at radius 3 is 2.59 bits per heavy atom. The van der Waals surface area contributed by atoms with Crippen molar-refractivity contribution in [1.29, 1.82) is 0 Å². The van der Waals surface area contributed by atoms with E-state index in [4.69, 9.17) is 0 Å². The number of aryl methyl sites for hydroxylation is 1. The van der Waals surface area contributed by atoms with Gasteiger partial charge in [0.2, 0.25) is 11.8 Å². The molecule has 1 aliphatic rings. The number of likely N-dealkylation sites (N-methyl/N-ethyl adjacent to an activating group) is 1. The van der Waals surface area contributed by atoms with Crippen molar-refractivity contribution in [3.8, 4) is 0 Å². The Kier molecular flexibility index (Phi) is 6.08. The van der Waals surface area contributed by atoms with Gasteiger partial charge in [-0.3, -0.25) is 19.2 Å². The molecule has 1 aromatic carbocycles. The third-order valence-electron chi connectivity index (χ3n) is 4.61. The van der Waals surface area contributed by atoms with Crippen LogP contribution in [0.5, 0.6) is 0 Å². The van der Waals surface area contributed by atoms with Crippen LogP contribution in [-0.4, -0.2) is 66.3 Å². The minimum Gasteiger partial charge on any atom is -0.369 e. The van der Waals surface area contributed by atoms with Crippen molar-refractivity contribution in [3.05, 3.63) is 42.2 Å². The predicted molar refractivity (Wildman–Crippen MR) is 105 cm³/mol. The van der Waals surface area contributed by atoms with Crippen molar-refractivity contribution >= 4 is 23.2 Å². The van der Waals surface area contributed by atoms with Gasteiger partial charge in [0, 0.05) is 45.1 Å². The molecular weight excluding hydrogens is 344 g/mol. The zero-order valence-corrected chi connectivity index (χ0v) is 15.8. The Hall–Kier alpha value is -2.87. The summed E-state index contributed by atoms with van der Waals surface area (Å²) in [5.41, 5.74) is 3.09. The number of rotatable bonds is 6. The lowest BCUT2D eigenvalue weighted by atomic mass is 10.2. The van der Waals surface area contributed by atoms with E-state index in [2.05, 4.69) is 56.7 Å². The highest BCUT2D eigenvalue weighted by Gasteiger charge is 2.19. The van der Waals surface area contributed by atoms with Gasteiger partial charge >= 0.3 is 0 Å². The van der Waals surface area contributed by atoms with E-state index in [0.717, 1.165) is 26.2 Å². The molecule has 8 heteroatoms. The van der Waals surface area contributed by atoms with Gasteiger partial charge in [0.1, 0.15) is 6.54 Å². The van der Waals surface area contributed by atoms with Gasteiger partial charge in [0.15, 0.2) is 0 Å². The molecular formula is C19H26N6O2. The molecule has 3 rings (SSSR count). The van der Waals surface area contributed by atoms with Crippen LogP contribution in [0.4, 0.5) is 11.4 Å². The van der Waals surface area contributed by atoms with Crippen LogP contribution in [0.25, 0.3) is 0 Å². The third-order valence-corrected chi connectivity index (χ3v) is 4.61. The minimum atomic E-state index is -0.137. The number of amides is 2. The summed E-state index contributed by atoms with van der Waals surface area (Å²) >= 11 is 0. The van der Waals surface area contributed by atoms with Crippen LogP contribution in [0.1, 0.15) is 5.56 Å². The summed E-state index contributed by atoms with van der Waals surface area (Å²) in [6.45, 7) is 6.08. The van der Waals surface area contributed by atoms with Crippen LogP contribution in [0.3, 0.4) is 0 Å². The zero-order valence-electron chi connectivity index (χ0n) is 15.8. The van der Waals surface area contributed by atoms with E-state index < -0.39 is 0 Å². The molecule has 1 aliphatic heterocycles. The monoisotopic (exact) mass is 370 g/mol. The predicted octanol–water partition coefficient (Wildman–Crippen LogP) is 0.698. The molecule has 0 saturated carbocycles. The van der Waals surface area contributed by atoms with E-state index in [1.807, 2.05) is 0 Å². The molecule has 0 unspecified atom stereocenters. The lowest BCUT2D eigenvalue weighted by Gasteiger charge is -2.35. The van der Waals surface area contributed by atoms with Gasteiger partial charge in [-0.1, -0.05) is 12.1 Å². The molecule has 0 aliphatic carbocycles. The van der Waals surface area contributed by atoms with E-state index in [1.165, 1.54) is 15.9 Å². The third kappa shape index (κ3) is 5.30. The highest BCUT2D eigenvalue weighted by molar-refractivity contribution is 5.92. The first-order valence-electron chi connectivity index (χ1n) is 9.10. The second-order valence-electron chi connectivity index (χ2n) is 6.75. The largest absolute Gasteiger partial charge is 0.369 e. The van der Waals surface area contributed by atoms with Crippen molar-refractivity contribution in [1.82, 2.24) is 20.0 Å². The molecule has 2 amide bonds. The fraction of sp³-hybridized carbons (Fsp3) is 0.421. The first-order chi connectivity index (χ1) is 13.0. The van der Waals surface area contributed by atoms with Crippen LogP contribution in [0, 0.1) is 6.92 Å². The molecule has 0 spiro atoms. The summed E-state index contributed by atoms with van der Waals surface area (Å²) < 4.78 is 1.50. The molecule has 1 aromatic heterocycles. The normalized spacial score (nSPS) is 14.8. The fourth-order valence-corrected chi connectivity index (χ4v) is 3.13. The Bertz CT molecular complexity index is 795. The number of nitrogens with one attached hydrogen (secondary N) is 2. The Balaban J connectivity index is 1.45. The molecule has 8 nitrogen and oxygen atoms in total. The van der Waals surface area contributed by atoms with E-state index in [0.29, 0.717) is 12.2 Å². The van der Waals surface area contributed by atoms with Gasteiger partial charge in [-0.05, 0) is 24.6 Å². The summed E-state index contributed by atoms with van der Waals surface area (Å²) in [6.07, 6.45) is 3.21. The summed E-state index contributed by atoms with van der Waals surface area (Å²) in [7, 11) is 1.58. The second-order valence-corrected chi connectivity index (χ2v) is 6.75. The average Bonchev–Trinajstić information content (AvgIpc) is 3.08. The summed E-state index contributed by atoms with van der Waals surface area (Å²) in [6, 6.07) is 8.50. The number of piperazine rings is 1. The minimum absolute atomic E-state index is 0.0708. The molecule has 1 saturated heterocycles. The van der Waals surface area contributed by atoms with Crippen LogP contribution in [-0.2, 0) is 16.1 Å². The van der Waals surface area contributed by atoms with Crippen molar-refractivity contribution < 1.29 is 9.59 Å². The first kappa shape index (κ1) is 18.9. The van der Waals surface area contributed by atoms with Gasteiger partial charge in [-0.15, -0.1) is 0 Å². The number of anilines is 2. The Labute approximate surface area is 159 Å². The SMILES string of the molecule is CNC(=O)Cn1cc(NC(=O)CN2CCN(c3cccc(C)c3)CC2)cn1. The van der Waals surface area contributed by atoms with Gasteiger partial charge < -0.3 is 15.5 Å².